The summed E-state index contributed by atoms with van der Waals surface area (Å²) < 4.78 is 6.46. The summed E-state index contributed by atoms with van der Waals surface area (Å²) >= 11 is 3.59. The van der Waals surface area contributed by atoms with Gasteiger partial charge in [0.2, 0.25) is 0 Å². The van der Waals surface area contributed by atoms with Crippen molar-refractivity contribution in [2.75, 3.05) is 31.7 Å². The molecule has 0 saturated carbocycles. The monoisotopic (exact) mass is 340 g/mol. The molecule has 2 unspecified atom stereocenters. The highest BCUT2D eigenvalue weighted by Gasteiger charge is 2.22. The highest BCUT2D eigenvalue weighted by molar-refractivity contribution is 9.10. The molecule has 1 fully saturated rings. The van der Waals surface area contributed by atoms with Crippen LogP contribution in [0.1, 0.15) is 25.3 Å². The molecule has 2 atom stereocenters. The molecule has 1 saturated heterocycles. The van der Waals surface area contributed by atoms with E-state index in [-0.39, 0.29) is 6.04 Å². The van der Waals surface area contributed by atoms with E-state index in [0.29, 0.717) is 5.92 Å². The SMILES string of the molecule is COCC1CCCN(c2cc(Br)ccc2CC(C)N)C1. The molecule has 1 heterocycles. The van der Waals surface area contributed by atoms with Crippen molar-refractivity contribution in [3.63, 3.8) is 0 Å². The second-order valence-electron chi connectivity index (χ2n) is 5.86. The van der Waals surface area contributed by atoms with Crippen LogP contribution in [0.3, 0.4) is 0 Å². The lowest BCUT2D eigenvalue weighted by Crippen LogP contribution is -2.38. The minimum Gasteiger partial charge on any atom is -0.384 e. The summed E-state index contributed by atoms with van der Waals surface area (Å²) in [5.74, 6) is 0.635. The van der Waals surface area contributed by atoms with Crippen LogP contribution in [-0.2, 0) is 11.2 Å². The number of rotatable bonds is 5. The van der Waals surface area contributed by atoms with Crippen molar-refractivity contribution >= 4 is 21.6 Å². The van der Waals surface area contributed by atoms with E-state index in [0.717, 1.165) is 30.6 Å². The third-order valence-corrected chi connectivity index (χ3v) is 4.34. The molecular formula is C16H25BrN2O. The summed E-state index contributed by atoms with van der Waals surface area (Å²) in [5.41, 5.74) is 8.67. The molecular weight excluding hydrogens is 316 g/mol. The van der Waals surface area contributed by atoms with E-state index in [1.165, 1.54) is 24.1 Å². The Labute approximate surface area is 130 Å². The van der Waals surface area contributed by atoms with Crippen LogP contribution >= 0.6 is 15.9 Å². The van der Waals surface area contributed by atoms with Crippen molar-refractivity contribution < 1.29 is 4.74 Å². The van der Waals surface area contributed by atoms with Gasteiger partial charge in [0, 0.05) is 36.4 Å². The third kappa shape index (κ3) is 4.21. The van der Waals surface area contributed by atoms with Crippen molar-refractivity contribution in [1.29, 1.82) is 0 Å². The molecule has 112 valence electrons. The summed E-state index contributed by atoms with van der Waals surface area (Å²) in [4.78, 5) is 2.50. The van der Waals surface area contributed by atoms with E-state index >= 15 is 0 Å². The molecule has 2 N–H and O–H groups in total. The van der Waals surface area contributed by atoms with Gasteiger partial charge in [0.15, 0.2) is 0 Å². The molecule has 1 aromatic rings. The first-order chi connectivity index (χ1) is 9.60. The molecule has 4 heteroatoms. The first-order valence-electron chi connectivity index (χ1n) is 7.38. The molecule has 1 aliphatic heterocycles. The van der Waals surface area contributed by atoms with Crippen LogP contribution < -0.4 is 10.6 Å². The number of nitrogens with two attached hydrogens (primary N) is 1. The van der Waals surface area contributed by atoms with Crippen LogP contribution in [0.2, 0.25) is 0 Å². The van der Waals surface area contributed by atoms with Gasteiger partial charge in [-0.15, -0.1) is 0 Å². The Morgan fingerprint density at radius 1 is 1.50 bits per heavy atom. The van der Waals surface area contributed by atoms with Gasteiger partial charge < -0.3 is 15.4 Å². The Bertz CT molecular complexity index is 434. The first-order valence-corrected chi connectivity index (χ1v) is 8.17. The zero-order valence-electron chi connectivity index (χ0n) is 12.4. The van der Waals surface area contributed by atoms with Crippen LogP contribution in [0.25, 0.3) is 0 Å². The van der Waals surface area contributed by atoms with Gasteiger partial charge in [0.05, 0.1) is 6.61 Å². The average molecular weight is 341 g/mol. The van der Waals surface area contributed by atoms with Gasteiger partial charge in [-0.3, -0.25) is 0 Å². The summed E-state index contributed by atoms with van der Waals surface area (Å²) in [5, 5.41) is 0. The van der Waals surface area contributed by atoms with Gasteiger partial charge in [-0.25, -0.2) is 0 Å². The summed E-state index contributed by atoms with van der Waals surface area (Å²) in [7, 11) is 1.79. The van der Waals surface area contributed by atoms with Gasteiger partial charge in [0.1, 0.15) is 0 Å². The fourth-order valence-corrected chi connectivity index (χ4v) is 3.36. The average Bonchev–Trinajstić information content (AvgIpc) is 2.41. The van der Waals surface area contributed by atoms with Crippen molar-refractivity contribution in [1.82, 2.24) is 0 Å². The van der Waals surface area contributed by atoms with Crippen LogP contribution in [-0.4, -0.2) is 32.8 Å². The Kier molecular flexibility index (Phi) is 5.87. The van der Waals surface area contributed by atoms with Gasteiger partial charge in [-0.1, -0.05) is 22.0 Å². The normalized spacial score (nSPS) is 21.0. The fourth-order valence-electron chi connectivity index (χ4n) is 3.01. The van der Waals surface area contributed by atoms with E-state index < -0.39 is 0 Å². The largest absolute Gasteiger partial charge is 0.384 e. The predicted molar refractivity (Wildman–Crippen MR) is 88.3 cm³/mol. The summed E-state index contributed by atoms with van der Waals surface area (Å²) in [6, 6.07) is 6.72. The van der Waals surface area contributed by atoms with Gasteiger partial charge in [-0.2, -0.15) is 0 Å². The lowest BCUT2D eigenvalue weighted by molar-refractivity contribution is 0.143. The van der Waals surface area contributed by atoms with Gasteiger partial charge in [-0.05, 0) is 49.8 Å². The Morgan fingerprint density at radius 3 is 3.00 bits per heavy atom. The number of benzene rings is 1. The van der Waals surface area contributed by atoms with Crippen LogP contribution in [0, 0.1) is 5.92 Å². The molecule has 0 aliphatic carbocycles. The van der Waals surface area contributed by atoms with E-state index in [1.54, 1.807) is 7.11 Å². The Balaban J connectivity index is 2.19. The second-order valence-corrected chi connectivity index (χ2v) is 6.78. The molecule has 0 spiro atoms. The molecule has 1 aromatic carbocycles. The Morgan fingerprint density at radius 2 is 2.30 bits per heavy atom. The van der Waals surface area contributed by atoms with Gasteiger partial charge in [0.25, 0.3) is 0 Å². The lowest BCUT2D eigenvalue weighted by atomic mass is 9.96. The number of nitrogens with zero attached hydrogens (tertiary/aromatic N) is 1. The van der Waals surface area contributed by atoms with Crippen LogP contribution in [0.15, 0.2) is 22.7 Å². The van der Waals surface area contributed by atoms with Crippen molar-refractivity contribution in [3.05, 3.63) is 28.2 Å². The van der Waals surface area contributed by atoms with E-state index in [2.05, 4.69) is 46.0 Å². The Hall–Kier alpha value is -0.580. The lowest BCUT2D eigenvalue weighted by Gasteiger charge is -2.35. The predicted octanol–water partition coefficient (Wildman–Crippen LogP) is 3.20. The number of halogens is 1. The minimum atomic E-state index is 0.189. The molecule has 0 amide bonds. The molecule has 1 aliphatic rings. The number of hydrogen-bond acceptors (Lipinski definition) is 3. The highest BCUT2D eigenvalue weighted by Crippen LogP contribution is 2.30. The maximum atomic E-state index is 5.99. The number of methoxy groups -OCH3 is 1. The van der Waals surface area contributed by atoms with E-state index in [1.807, 2.05) is 0 Å². The van der Waals surface area contributed by atoms with Gasteiger partial charge >= 0.3 is 0 Å². The number of hydrogen-bond donors (Lipinski definition) is 1. The summed E-state index contributed by atoms with van der Waals surface area (Å²) in [6.45, 7) is 5.13. The number of piperidine rings is 1. The zero-order valence-corrected chi connectivity index (χ0v) is 14.0. The highest BCUT2D eigenvalue weighted by atomic mass is 79.9. The maximum absolute atomic E-state index is 5.99. The molecule has 2 rings (SSSR count). The molecule has 0 bridgehead atoms. The van der Waals surface area contributed by atoms with Crippen molar-refractivity contribution in [2.45, 2.75) is 32.2 Å². The topological polar surface area (TPSA) is 38.5 Å². The van der Waals surface area contributed by atoms with Crippen molar-refractivity contribution in [3.8, 4) is 0 Å². The third-order valence-electron chi connectivity index (χ3n) is 3.85. The van der Waals surface area contributed by atoms with Crippen LogP contribution in [0.5, 0.6) is 0 Å². The standard InChI is InChI=1S/C16H25BrN2O/c1-12(18)8-14-5-6-15(17)9-16(14)19-7-3-4-13(10-19)11-20-2/h5-6,9,12-13H,3-4,7-8,10-11,18H2,1-2H3. The zero-order chi connectivity index (χ0) is 14.5. The minimum absolute atomic E-state index is 0.189. The molecule has 3 nitrogen and oxygen atoms in total. The molecule has 0 radical (unpaired) electrons. The summed E-state index contributed by atoms with van der Waals surface area (Å²) in [6.07, 6.45) is 3.42. The van der Waals surface area contributed by atoms with Crippen LogP contribution in [0.4, 0.5) is 5.69 Å². The molecule has 20 heavy (non-hydrogen) atoms. The second kappa shape index (κ2) is 7.43. The number of ether oxygens (including phenoxy) is 1. The van der Waals surface area contributed by atoms with Crippen molar-refractivity contribution in [2.24, 2.45) is 11.7 Å². The first kappa shape index (κ1) is 15.8. The number of anilines is 1. The fraction of sp³-hybridized carbons (Fsp3) is 0.625. The maximum Gasteiger partial charge on any atom is 0.0507 e. The quantitative estimate of drug-likeness (QED) is 0.894. The molecule has 0 aromatic heterocycles. The van der Waals surface area contributed by atoms with E-state index in [9.17, 15) is 0 Å². The van der Waals surface area contributed by atoms with E-state index in [4.69, 9.17) is 10.5 Å². The smallest absolute Gasteiger partial charge is 0.0507 e.